The highest BCUT2D eigenvalue weighted by Gasteiger charge is 2.76. The molecule has 1 saturated heterocycles. The number of phenols is 1. The smallest absolute Gasteiger partial charge is 0.246 e. The molecule has 1 spiro atoms. The van der Waals surface area contributed by atoms with Crippen LogP contribution in [0.1, 0.15) is 47.9 Å². The van der Waals surface area contributed by atoms with Gasteiger partial charge in [0.05, 0.1) is 23.2 Å². The lowest BCUT2D eigenvalue weighted by Gasteiger charge is -2.66. The molecule has 0 radical (unpaired) electrons. The highest BCUT2D eigenvalue weighted by Crippen LogP contribution is 2.66. The van der Waals surface area contributed by atoms with Gasteiger partial charge in [-0.3, -0.25) is 9.69 Å². The maximum Gasteiger partial charge on any atom is 0.246 e. The predicted octanol–water partition coefficient (Wildman–Crippen LogP) is 2.78. The number of benzene rings is 2. The number of nitrogens with zero attached hydrogens (tertiary/aromatic N) is 2. The quantitative estimate of drug-likeness (QED) is 0.530. The highest BCUT2D eigenvalue weighted by atomic mass is 16.5. The third kappa shape index (κ3) is 3.22. The summed E-state index contributed by atoms with van der Waals surface area (Å²) in [4.78, 5) is 17.4. The van der Waals surface area contributed by atoms with Gasteiger partial charge in [0.25, 0.3) is 0 Å². The maximum absolute atomic E-state index is 13.4. The van der Waals surface area contributed by atoms with Crippen molar-refractivity contribution in [3.05, 3.63) is 64.7 Å². The highest BCUT2D eigenvalue weighted by molar-refractivity contribution is 5.92. The van der Waals surface area contributed by atoms with Crippen molar-refractivity contribution in [3.63, 3.8) is 0 Å². The molecule has 2 saturated carbocycles. The van der Waals surface area contributed by atoms with Crippen molar-refractivity contribution < 1.29 is 24.9 Å². The maximum atomic E-state index is 13.4. The number of piperidine rings is 1. The lowest BCUT2D eigenvalue weighted by Crippen LogP contribution is -2.82. The first kappa shape index (κ1) is 24.2. The molecule has 2 aromatic carbocycles. The summed E-state index contributed by atoms with van der Waals surface area (Å²) < 4.78 is 6.53. The van der Waals surface area contributed by atoms with E-state index in [2.05, 4.69) is 4.90 Å². The molecule has 5 aliphatic rings. The van der Waals surface area contributed by atoms with Crippen LogP contribution in [-0.2, 0) is 16.6 Å². The van der Waals surface area contributed by atoms with Crippen LogP contribution in [0.15, 0.2) is 42.5 Å². The van der Waals surface area contributed by atoms with Crippen LogP contribution in [0.2, 0.25) is 0 Å². The zero-order valence-electron chi connectivity index (χ0n) is 22.0. The Kier molecular flexibility index (Phi) is 5.29. The largest absolute Gasteiger partial charge is 0.504 e. The molecule has 2 heterocycles. The van der Waals surface area contributed by atoms with Crippen molar-refractivity contribution in [2.75, 3.05) is 20.1 Å². The average molecular weight is 517 g/mol. The minimum Gasteiger partial charge on any atom is -0.504 e. The molecule has 38 heavy (non-hydrogen) atoms. The number of carbonyl (C=O) groups is 1. The van der Waals surface area contributed by atoms with Gasteiger partial charge in [0.15, 0.2) is 11.5 Å². The number of amides is 1. The fourth-order valence-electron chi connectivity index (χ4n) is 8.13. The van der Waals surface area contributed by atoms with Crippen LogP contribution in [0, 0.1) is 12.8 Å². The number of aliphatic hydroxyl groups is 2. The summed E-state index contributed by atoms with van der Waals surface area (Å²) in [6, 6.07) is 11.1. The van der Waals surface area contributed by atoms with Gasteiger partial charge in [0, 0.05) is 37.8 Å². The van der Waals surface area contributed by atoms with Gasteiger partial charge in [-0.2, -0.15) is 0 Å². The first-order valence-electron chi connectivity index (χ1n) is 13.9. The topological polar surface area (TPSA) is 93.5 Å². The SMILES string of the molecule is Cc1cccc(/C=C/C(=O)N(C)C2CC[C@@]3(O)[C@H]4Cc5ccc(O)c6c5[C@@]3(C(O)CN4CC3CC3)C2O6)c1. The number of aromatic hydroxyl groups is 1. The molecule has 7 nitrogen and oxygen atoms in total. The van der Waals surface area contributed by atoms with Crippen molar-refractivity contribution in [1.29, 1.82) is 0 Å². The Bertz CT molecular complexity index is 1340. The van der Waals surface area contributed by atoms with E-state index >= 15 is 0 Å². The van der Waals surface area contributed by atoms with Gasteiger partial charge in [-0.05, 0) is 68.2 Å². The third-order valence-corrected chi connectivity index (χ3v) is 10.1. The third-order valence-electron chi connectivity index (χ3n) is 10.1. The molecule has 3 N–H and O–H groups in total. The van der Waals surface area contributed by atoms with Crippen LogP contribution >= 0.6 is 0 Å². The molecule has 3 fully saturated rings. The van der Waals surface area contributed by atoms with E-state index in [9.17, 15) is 20.1 Å². The fourth-order valence-corrected chi connectivity index (χ4v) is 8.13. The van der Waals surface area contributed by atoms with E-state index in [1.807, 2.05) is 43.3 Å². The van der Waals surface area contributed by atoms with E-state index in [0.29, 0.717) is 37.5 Å². The minimum atomic E-state index is -1.21. The summed E-state index contributed by atoms with van der Waals surface area (Å²) in [5, 5.41) is 35.4. The first-order valence-corrected chi connectivity index (χ1v) is 13.9. The minimum absolute atomic E-state index is 0.0213. The fraction of sp³-hybridized carbons (Fsp3) is 0.516. The number of phenolic OH excluding ortho intramolecular Hbond substituents is 1. The average Bonchev–Trinajstić information content (AvgIpc) is 3.62. The van der Waals surface area contributed by atoms with Gasteiger partial charge in [0.2, 0.25) is 5.91 Å². The van der Waals surface area contributed by atoms with Crippen LogP contribution in [-0.4, -0.2) is 81.1 Å². The summed E-state index contributed by atoms with van der Waals surface area (Å²) in [5.41, 5.74) is 1.53. The number of β-amino-alcohol motifs (C(OH)–C–C–N with tert-alkyl or cyclic N) is 1. The molecule has 2 bridgehead atoms. The second-order valence-corrected chi connectivity index (χ2v) is 12.2. The molecule has 1 amide bonds. The monoisotopic (exact) mass is 516 g/mol. The van der Waals surface area contributed by atoms with Crippen LogP contribution in [0.5, 0.6) is 11.5 Å². The number of hydrogen-bond acceptors (Lipinski definition) is 6. The van der Waals surface area contributed by atoms with E-state index in [0.717, 1.165) is 28.8 Å². The van der Waals surface area contributed by atoms with Gasteiger partial charge in [0.1, 0.15) is 6.10 Å². The normalized spacial score (nSPS) is 35.2. The summed E-state index contributed by atoms with van der Waals surface area (Å²) in [7, 11) is 1.77. The van der Waals surface area contributed by atoms with E-state index in [4.69, 9.17) is 4.74 Å². The molecule has 7 heteroatoms. The van der Waals surface area contributed by atoms with Gasteiger partial charge in [-0.25, -0.2) is 0 Å². The Morgan fingerprint density at radius 3 is 2.82 bits per heavy atom. The van der Waals surface area contributed by atoms with Crippen molar-refractivity contribution in [2.24, 2.45) is 5.92 Å². The molecule has 0 aromatic heterocycles. The van der Waals surface area contributed by atoms with Gasteiger partial charge in [-0.15, -0.1) is 0 Å². The number of aliphatic hydroxyl groups excluding tert-OH is 1. The Hall–Kier alpha value is -2.87. The number of ether oxygens (including phenoxy) is 1. The first-order chi connectivity index (χ1) is 18.2. The Morgan fingerprint density at radius 2 is 2.05 bits per heavy atom. The number of likely N-dealkylation sites (tertiary alicyclic amines) is 1. The van der Waals surface area contributed by atoms with Crippen LogP contribution in [0.3, 0.4) is 0 Å². The molecule has 2 aromatic rings. The van der Waals surface area contributed by atoms with Gasteiger partial charge >= 0.3 is 0 Å². The molecule has 6 atom stereocenters. The molecular formula is C31H36N2O5. The lowest BCUT2D eigenvalue weighted by atomic mass is 9.47. The molecule has 200 valence electrons. The van der Waals surface area contributed by atoms with Gasteiger partial charge < -0.3 is 25.0 Å². The summed E-state index contributed by atoms with van der Waals surface area (Å²) in [6.45, 7) is 3.36. The second kappa shape index (κ2) is 8.31. The van der Waals surface area contributed by atoms with Crippen LogP contribution in [0.4, 0.5) is 0 Å². The summed E-state index contributed by atoms with van der Waals surface area (Å²) in [6.07, 6.45) is 5.92. The summed E-state index contributed by atoms with van der Waals surface area (Å²) >= 11 is 0. The second-order valence-electron chi connectivity index (χ2n) is 12.2. The van der Waals surface area contributed by atoms with Crippen molar-refractivity contribution >= 4 is 12.0 Å². The van der Waals surface area contributed by atoms with Crippen molar-refractivity contribution in [3.8, 4) is 11.5 Å². The van der Waals surface area contributed by atoms with Gasteiger partial charge in [-0.1, -0.05) is 35.9 Å². The van der Waals surface area contributed by atoms with Crippen LogP contribution < -0.4 is 4.74 Å². The van der Waals surface area contributed by atoms with E-state index in [1.54, 1.807) is 24.1 Å². The molecule has 3 unspecified atom stereocenters. The Labute approximate surface area is 223 Å². The zero-order chi connectivity index (χ0) is 26.4. The number of aryl methyl sites for hydroxylation is 1. The Morgan fingerprint density at radius 1 is 1.24 bits per heavy atom. The number of likely N-dealkylation sites (N-methyl/N-ethyl adjacent to an activating group) is 1. The van der Waals surface area contributed by atoms with E-state index in [1.165, 1.54) is 12.8 Å². The number of rotatable bonds is 5. The number of carbonyl (C=O) groups excluding carboxylic acids is 1. The predicted molar refractivity (Wildman–Crippen MR) is 143 cm³/mol. The van der Waals surface area contributed by atoms with Crippen molar-refractivity contribution in [1.82, 2.24) is 9.80 Å². The lowest BCUT2D eigenvalue weighted by molar-refractivity contribution is -0.236. The molecule has 7 rings (SSSR count). The zero-order valence-corrected chi connectivity index (χ0v) is 22.0. The Balaban J connectivity index is 1.28. The van der Waals surface area contributed by atoms with Crippen molar-refractivity contribution in [2.45, 2.75) is 74.3 Å². The standard InChI is InChI=1S/C31H36N2O5/c1-18-4-3-5-19(14-18)8-11-26(36)32(2)22-12-13-30(37)24-15-21-9-10-23(34)28-27(21)31(30,29(22)38-28)25(35)17-33(24)16-20-6-7-20/h3-5,8-11,14,20,22,24-25,29,34-35,37H,6-7,12-13,15-17H2,1-2H3/b11-8+/t22?,24-,25?,29?,30-,31+/m1/s1. The number of hydrogen-bond donors (Lipinski definition) is 3. The van der Waals surface area contributed by atoms with Crippen LogP contribution in [0.25, 0.3) is 6.08 Å². The van der Waals surface area contributed by atoms with E-state index in [-0.39, 0.29) is 23.7 Å². The van der Waals surface area contributed by atoms with E-state index < -0.39 is 23.2 Å². The molecular weight excluding hydrogens is 480 g/mol. The summed E-state index contributed by atoms with van der Waals surface area (Å²) in [5.74, 6) is 0.859. The molecule has 2 aliphatic heterocycles. The molecule has 3 aliphatic carbocycles.